The molecule has 1 N–H and O–H groups in total. The second-order valence-electron chi connectivity index (χ2n) is 8.02. The summed E-state index contributed by atoms with van der Waals surface area (Å²) in [6, 6.07) is 0.518. The van der Waals surface area contributed by atoms with Gasteiger partial charge in [-0.05, 0) is 38.0 Å². The van der Waals surface area contributed by atoms with Crippen molar-refractivity contribution in [2.24, 2.45) is 23.2 Å². The number of likely N-dealkylation sites (tertiary alicyclic amines) is 1. The summed E-state index contributed by atoms with van der Waals surface area (Å²) in [5, 5.41) is 2.82. The highest BCUT2D eigenvalue weighted by Crippen LogP contribution is 2.60. The predicted molar refractivity (Wildman–Crippen MR) is 74.2 cm³/mol. The van der Waals surface area contributed by atoms with Crippen molar-refractivity contribution < 1.29 is 4.79 Å². The number of rotatable bonds is 1. The Hall–Kier alpha value is -0.570. The van der Waals surface area contributed by atoms with Crippen molar-refractivity contribution in [1.29, 1.82) is 0 Å². The Morgan fingerprint density at radius 3 is 2.11 bits per heavy atom. The predicted octanol–water partition coefficient (Wildman–Crippen LogP) is 2.12. The van der Waals surface area contributed by atoms with Gasteiger partial charge < -0.3 is 5.32 Å². The van der Waals surface area contributed by atoms with Crippen molar-refractivity contribution in [2.45, 2.75) is 53.1 Å². The van der Waals surface area contributed by atoms with Crippen molar-refractivity contribution in [3.05, 3.63) is 0 Å². The minimum atomic E-state index is 0.193. The van der Waals surface area contributed by atoms with Gasteiger partial charge in [0.25, 0.3) is 0 Å². The normalized spacial score (nSPS) is 36.4. The summed E-state index contributed by atoms with van der Waals surface area (Å²) < 4.78 is 0. The molecule has 2 fully saturated rings. The Balaban J connectivity index is 2.21. The van der Waals surface area contributed by atoms with Gasteiger partial charge in [0.1, 0.15) is 0 Å². The number of hydrogen-bond donors (Lipinski definition) is 1. The molecular formula is C15H28N2O. The number of hydrogen-bond acceptors (Lipinski definition) is 2. The van der Waals surface area contributed by atoms with E-state index in [0.717, 1.165) is 6.54 Å². The van der Waals surface area contributed by atoms with E-state index in [9.17, 15) is 4.79 Å². The van der Waals surface area contributed by atoms with Crippen LogP contribution in [0.1, 0.15) is 41.5 Å². The molecular weight excluding hydrogens is 224 g/mol. The molecule has 0 aromatic heterocycles. The van der Waals surface area contributed by atoms with Crippen LogP contribution in [0, 0.1) is 23.2 Å². The molecule has 1 saturated heterocycles. The van der Waals surface area contributed by atoms with Gasteiger partial charge in [0.15, 0.2) is 0 Å². The maximum Gasteiger partial charge on any atom is 0.223 e. The largest absolute Gasteiger partial charge is 0.359 e. The molecule has 3 heteroatoms. The zero-order chi connectivity index (χ0) is 13.9. The Morgan fingerprint density at radius 1 is 1.17 bits per heavy atom. The Morgan fingerprint density at radius 2 is 1.72 bits per heavy atom. The lowest BCUT2D eigenvalue weighted by Crippen LogP contribution is -2.53. The lowest BCUT2D eigenvalue weighted by Gasteiger charge is -2.45. The number of carbonyl (C=O) groups excluding carboxylic acids is 1. The molecule has 0 unspecified atom stereocenters. The van der Waals surface area contributed by atoms with E-state index >= 15 is 0 Å². The molecule has 1 amide bonds. The first-order valence-corrected chi connectivity index (χ1v) is 7.07. The van der Waals surface area contributed by atoms with Crippen LogP contribution < -0.4 is 5.32 Å². The van der Waals surface area contributed by atoms with Gasteiger partial charge in [-0.2, -0.15) is 0 Å². The van der Waals surface area contributed by atoms with Gasteiger partial charge in [0.05, 0.1) is 0 Å². The van der Waals surface area contributed by atoms with Crippen LogP contribution in [0.5, 0.6) is 0 Å². The number of nitrogens with zero attached hydrogens (tertiary/aromatic N) is 1. The number of amides is 1. The highest BCUT2D eigenvalue weighted by atomic mass is 16.2. The molecule has 18 heavy (non-hydrogen) atoms. The number of piperidine rings is 1. The highest BCUT2D eigenvalue weighted by molar-refractivity contribution is 5.82. The molecule has 2 aliphatic rings. The quantitative estimate of drug-likeness (QED) is 0.775. The Labute approximate surface area is 111 Å². The standard InChI is InChI=1S/C15H28N2O/c1-14(2,3)12-10-9(11(10)13(18)16-7)8-17(12)15(4,5)6/h9-12H,8H2,1-7H3,(H,16,18)/t9-,10+,11+,12+/m1/s1. The lowest BCUT2D eigenvalue weighted by molar-refractivity contribution is -0.123. The monoisotopic (exact) mass is 252 g/mol. The third-order valence-electron chi connectivity index (χ3n) is 4.64. The molecule has 2 rings (SSSR count). The fourth-order valence-corrected chi connectivity index (χ4v) is 3.89. The summed E-state index contributed by atoms with van der Waals surface area (Å²) in [4.78, 5) is 14.5. The van der Waals surface area contributed by atoms with Crippen LogP contribution >= 0.6 is 0 Å². The van der Waals surface area contributed by atoms with E-state index in [-0.39, 0.29) is 22.8 Å². The van der Waals surface area contributed by atoms with Crippen LogP contribution in [-0.4, -0.2) is 36.0 Å². The molecule has 104 valence electrons. The average Bonchev–Trinajstić information content (AvgIpc) is 2.72. The van der Waals surface area contributed by atoms with Crippen LogP contribution in [0.15, 0.2) is 0 Å². The summed E-state index contributed by atoms with van der Waals surface area (Å²) in [7, 11) is 1.75. The third-order valence-corrected chi connectivity index (χ3v) is 4.64. The van der Waals surface area contributed by atoms with Crippen molar-refractivity contribution in [2.75, 3.05) is 13.6 Å². The Kier molecular flexibility index (Phi) is 3.05. The first kappa shape index (κ1) is 13.9. The molecule has 1 saturated carbocycles. The molecule has 0 aromatic rings. The van der Waals surface area contributed by atoms with Gasteiger partial charge >= 0.3 is 0 Å². The zero-order valence-electron chi connectivity index (χ0n) is 12.9. The number of fused-ring (bicyclic) bond motifs is 1. The maximum absolute atomic E-state index is 11.9. The molecule has 1 aliphatic heterocycles. The van der Waals surface area contributed by atoms with Crippen LogP contribution in [0.4, 0.5) is 0 Å². The summed E-state index contributed by atoms with van der Waals surface area (Å²) in [5.74, 6) is 1.64. The summed E-state index contributed by atoms with van der Waals surface area (Å²) in [5.41, 5.74) is 0.425. The van der Waals surface area contributed by atoms with Gasteiger partial charge in [0, 0.05) is 31.1 Å². The second kappa shape index (κ2) is 3.96. The SMILES string of the molecule is CNC(=O)[C@H]1[C@@H]2CN(C(C)(C)C)[C@H](C(C)(C)C)[C@@H]21. The van der Waals surface area contributed by atoms with E-state index < -0.39 is 0 Å². The first-order valence-electron chi connectivity index (χ1n) is 7.07. The minimum absolute atomic E-state index is 0.193. The van der Waals surface area contributed by atoms with Crippen molar-refractivity contribution >= 4 is 5.91 Å². The summed E-state index contributed by atoms with van der Waals surface area (Å²) >= 11 is 0. The highest BCUT2D eigenvalue weighted by Gasteiger charge is 2.67. The van der Waals surface area contributed by atoms with Crippen molar-refractivity contribution in [3.63, 3.8) is 0 Å². The van der Waals surface area contributed by atoms with E-state index in [4.69, 9.17) is 0 Å². The van der Waals surface area contributed by atoms with E-state index in [0.29, 0.717) is 17.9 Å². The minimum Gasteiger partial charge on any atom is -0.359 e. The summed E-state index contributed by atoms with van der Waals surface area (Å²) in [6.45, 7) is 14.8. The molecule has 0 bridgehead atoms. The third kappa shape index (κ3) is 2.07. The van der Waals surface area contributed by atoms with Crippen LogP contribution in [0.25, 0.3) is 0 Å². The van der Waals surface area contributed by atoms with Crippen molar-refractivity contribution in [3.8, 4) is 0 Å². The van der Waals surface area contributed by atoms with Crippen molar-refractivity contribution in [1.82, 2.24) is 10.2 Å². The van der Waals surface area contributed by atoms with E-state index in [1.54, 1.807) is 7.05 Å². The molecule has 0 spiro atoms. The Bertz CT molecular complexity index is 350. The fourth-order valence-electron chi connectivity index (χ4n) is 3.89. The smallest absolute Gasteiger partial charge is 0.223 e. The van der Waals surface area contributed by atoms with Gasteiger partial charge in [-0.15, -0.1) is 0 Å². The number of carbonyl (C=O) groups is 1. The molecule has 1 aliphatic carbocycles. The van der Waals surface area contributed by atoms with Gasteiger partial charge in [-0.25, -0.2) is 0 Å². The van der Waals surface area contributed by atoms with Gasteiger partial charge in [0.2, 0.25) is 5.91 Å². The van der Waals surface area contributed by atoms with Crippen LogP contribution in [-0.2, 0) is 4.79 Å². The fraction of sp³-hybridized carbons (Fsp3) is 0.933. The molecule has 3 nitrogen and oxygen atoms in total. The van der Waals surface area contributed by atoms with E-state index in [1.165, 1.54) is 0 Å². The second-order valence-corrected chi connectivity index (χ2v) is 8.02. The lowest BCUT2D eigenvalue weighted by atomic mass is 9.81. The van der Waals surface area contributed by atoms with E-state index in [2.05, 4.69) is 51.8 Å². The summed E-state index contributed by atoms with van der Waals surface area (Å²) in [6.07, 6.45) is 0. The van der Waals surface area contributed by atoms with Crippen LogP contribution in [0.3, 0.4) is 0 Å². The van der Waals surface area contributed by atoms with Crippen LogP contribution in [0.2, 0.25) is 0 Å². The van der Waals surface area contributed by atoms with Gasteiger partial charge in [-0.1, -0.05) is 20.8 Å². The molecule has 4 atom stereocenters. The number of nitrogens with one attached hydrogen (secondary N) is 1. The molecule has 1 heterocycles. The first-order chi connectivity index (χ1) is 8.09. The maximum atomic E-state index is 11.9. The molecule has 0 aromatic carbocycles. The average molecular weight is 252 g/mol. The molecule has 0 radical (unpaired) electrons. The van der Waals surface area contributed by atoms with Gasteiger partial charge in [-0.3, -0.25) is 9.69 Å². The zero-order valence-corrected chi connectivity index (χ0v) is 12.9. The topological polar surface area (TPSA) is 32.3 Å². The van der Waals surface area contributed by atoms with E-state index in [1.807, 2.05) is 0 Å².